The van der Waals surface area contributed by atoms with Crippen molar-refractivity contribution >= 4 is 10.9 Å². The van der Waals surface area contributed by atoms with Crippen LogP contribution in [-0.4, -0.2) is 41.8 Å². The maximum Gasteiger partial charge on any atom is 0.391 e. The van der Waals surface area contributed by atoms with Crippen LogP contribution in [0, 0.1) is 12.8 Å². The van der Waals surface area contributed by atoms with E-state index in [1.807, 2.05) is 0 Å². The van der Waals surface area contributed by atoms with Gasteiger partial charge in [0.25, 0.3) is 0 Å². The van der Waals surface area contributed by atoms with Gasteiger partial charge in [0, 0.05) is 55.5 Å². The van der Waals surface area contributed by atoms with E-state index in [4.69, 9.17) is 0 Å². The molecule has 0 saturated heterocycles. The molecule has 0 radical (unpaired) electrons. The maximum absolute atomic E-state index is 13.6. The Hall–Kier alpha value is -3.70. The van der Waals surface area contributed by atoms with E-state index < -0.39 is 23.9 Å². The Balaban J connectivity index is 1.43. The Bertz CT molecular complexity index is 1640. The number of halogens is 5. The van der Waals surface area contributed by atoms with Crippen LogP contribution in [0.5, 0.6) is 0 Å². The van der Waals surface area contributed by atoms with E-state index >= 15 is 0 Å². The van der Waals surface area contributed by atoms with Crippen molar-refractivity contribution in [1.82, 2.24) is 29.7 Å². The van der Waals surface area contributed by atoms with E-state index in [0.29, 0.717) is 58.0 Å². The lowest BCUT2D eigenvalue weighted by Crippen LogP contribution is -2.34. The van der Waals surface area contributed by atoms with Crippen LogP contribution in [0.4, 0.5) is 22.0 Å². The van der Waals surface area contributed by atoms with Gasteiger partial charge in [-0.2, -0.15) is 13.2 Å². The molecule has 0 atom stereocenters. The van der Waals surface area contributed by atoms with Crippen LogP contribution >= 0.6 is 0 Å². The zero-order valence-corrected chi connectivity index (χ0v) is 21.9. The highest BCUT2D eigenvalue weighted by atomic mass is 19.4. The number of aromatic nitrogens is 6. The molecular formula is C28H27F5N6O. The van der Waals surface area contributed by atoms with Crippen LogP contribution in [-0.2, 0) is 7.05 Å². The third-order valence-corrected chi connectivity index (χ3v) is 8.43. The van der Waals surface area contributed by atoms with Crippen LogP contribution in [0.1, 0.15) is 67.4 Å². The molecule has 0 unspecified atom stereocenters. The molecular weight excluding hydrogens is 531 g/mol. The average molecular weight is 559 g/mol. The third kappa shape index (κ3) is 4.66. The normalized spacial score (nSPS) is 21.5. The summed E-state index contributed by atoms with van der Waals surface area (Å²) in [5.74, 6) is -3.62. The molecule has 2 fully saturated rings. The molecule has 0 aliphatic heterocycles. The molecule has 0 amide bonds. The number of rotatable bonds is 4. The lowest BCUT2D eigenvalue weighted by molar-refractivity contribution is -0.182. The second kappa shape index (κ2) is 9.45. The number of aryl methyl sites for hydroxylation is 1. The molecule has 4 heterocycles. The van der Waals surface area contributed by atoms with Gasteiger partial charge < -0.3 is 9.55 Å². The van der Waals surface area contributed by atoms with Gasteiger partial charge in [0.05, 0.1) is 22.5 Å². The Morgan fingerprint density at radius 2 is 1.75 bits per heavy atom. The van der Waals surface area contributed by atoms with Crippen molar-refractivity contribution in [3.8, 4) is 22.8 Å². The summed E-state index contributed by atoms with van der Waals surface area (Å²) in [5, 5.41) is 8.55. The number of nitrogens with zero attached hydrogens (tertiary/aromatic N) is 5. The first-order chi connectivity index (χ1) is 18.9. The zero-order valence-electron chi connectivity index (χ0n) is 21.9. The van der Waals surface area contributed by atoms with Crippen LogP contribution in [0.3, 0.4) is 0 Å². The van der Waals surface area contributed by atoms with Gasteiger partial charge in [-0.1, -0.05) is 0 Å². The number of aromatic amines is 1. The first-order valence-electron chi connectivity index (χ1n) is 13.2. The molecule has 0 aromatic carbocycles. The molecule has 2 saturated carbocycles. The Kier molecular flexibility index (Phi) is 6.26. The monoisotopic (exact) mass is 558 g/mol. The van der Waals surface area contributed by atoms with Crippen LogP contribution in [0.2, 0.25) is 0 Å². The Morgan fingerprint density at radius 3 is 2.38 bits per heavy atom. The molecule has 2 aliphatic carbocycles. The average Bonchev–Trinajstić information content (AvgIpc) is 3.23. The van der Waals surface area contributed by atoms with E-state index in [9.17, 15) is 26.7 Å². The van der Waals surface area contributed by atoms with E-state index in [-0.39, 0.29) is 37.0 Å². The first kappa shape index (κ1) is 26.5. The molecule has 4 aromatic heterocycles. The minimum absolute atomic E-state index is 0.00680. The van der Waals surface area contributed by atoms with Gasteiger partial charge in [-0.05, 0) is 56.2 Å². The first-order valence-corrected chi connectivity index (χ1v) is 13.2. The highest BCUT2D eigenvalue weighted by Gasteiger charge is 2.47. The smallest absolute Gasteiger partial charge is 0.354 e. The molecule has 7 nitrogen and oxygen atoms in total. The number of hydrogen-bond donors (Lipinski definition) is 1. The molecule has 2 aliphatic rings. The number of fused-ring (bicyclic) bond motifs is 1. The van der Waals surface area contributed by atoms with Crippen molar-refractivity contribution in [1.29, 1.82) is 0 Å². The fourth-order valence-electron chi connectivity index (χ4n) is 6.00. The van der Waals surface area contributed by atoms with Crippen molar-refractivity contribution in [2.24, 2.45) is 13.0 Å². The van der Waals surface area contributed by atoms with Crippen LogP contribution in [0.25, 0.3) is 33.7 Å². The van der Waals surface area contributed by atoms with Crippen molar-refractivity contribution in [2.45, 2.75) is 69.4 Å². The molecule has 210 valence electrons. The van der Waals surface area contributed by atoms with Gasteiger partial charge in [0.15, 0.2) is 11.3 Å². The molecule has 6 rings (SSSR count). The highest BCUT2D eigenvalue weighted by Crippen LogP contribution is 2.50. The number of nitrogens with one attached hydrogen (secondary N) is 1. The highest BCUT2D eigenvalue weighted by molar-refractivity contribution is 5.91. The van der Waals surface area contributed by atoms with E-state index in [2.05, 4.69) is 25.1 Å². The lowest BCUT2D eigenvalue weighted by atomic mass is 9.75. The standard InChI is InChI=1S/C28H27F5N6O/c1-14-37-38-26(39(14)2)25-24-20(7-8-34-25)36-22(10-23(24)40)19-13-35-21(16-11-27(29,30)12-16)9-18(19)15-3-5-17(6-4-15)28(31,32)33/h7-10,13,15-17H,3-6,11-12H2,1-2H3,(H,36,40). The summed E-state index contributed by atoms with van der Waals surface area (Å²) in [6.45, 7) is 1.79. The van der Waals surface area contributed by atoms with E-state index in [1.165, 1.54) is 6.07 Å². The summed E-state index contributed by atoms with van der Waals surface area (Å²) in [6.07, 6.45) is -1.14. The Labute approximate surface area is 225 Å². The zero-order chi connectivity index (χ0) is 28.4. The molecule has 40 heavy (non-hydrogen) atoms. The number of alkyl halides is 5. The summed E-state index contributed by atoms with van der Waals surface area (Å²) in [4.78, 5) is 25.6. The maximum atomic E-state index is 13.6. The van der Waals surface area contributed by atoms with Crippen molar-refractivity contribution < 1.29 is 22.0 Å². The van der Waals surface area contributed by atoms with Crippen molar-refractivity contribution in [3.05, 3.63) is 57.9 Å². The van der Waals surface area contributed by atoms with E-state index in [0.717, 1.165) is 5.56 Å². The number of hydrogen-bond acceptors (Lipinski definition) is 5. The van der Waals surface area contributed by atoms with Gasteiger partial charge in [0.1, 0.15) is 11.5 Å². The van der Waals surface area contributed by atoms with Gasteiger partial charge in [0.2, 0.25) is 5.92 Å². The summed E-state index contributed by atoms with van der Waals surface area (Å²) in [5.41, 5.74) is 2.83. The molecule has 12 heteroatoms. The summed E-state index contributed by atoms with van der Waals surface area (Å²) >= 11 is 0. The summed E-state index contributed by atoms with van der Waals surface area (Å²) in [7, 11) is 1.78. The predicted molar refractivity (Wildman–Crippen MR) is 138 cm³/mol. The van der Waals surface area contributed by atoms with Gasteiger partial charge in [-0.25, -0.2) is 8.78 Å². The quantitative estimate of drug-likeness (QED) is 0.291. The summed E-state index contributed by atoms with van der Waals surface area (Å²) < 4.78 is 69.0. The van der Waals surface area contributed by atoms with Crippen molar-refractivity contribution in [3.63, 3.8) is 0 Å². The van der Waals surface area contributed by atoms with Gasteiger partial charge in [-0.3, -0.25) is 14.8 Å². The SMILES string of the molecule is Cc1nnc(-c2nccc3[nH]c(-c4cnc(C5CC(F)(F)C5)cc4C4CCC(C(F)(F)F)CC4)cc(=O)c23)n1C. The summed E-state index contributed by atoms with van der Waals surface area (Å²) in [6, 6.07) is 4.85. The van der Waals surface area contributed by atoms with Crippen molar-refractivity contribution in [2.75, 3.05) is 0 Å². The predicted octanol–water partition coefficient (Wildman–Crippen LogP) is 6.44. The van der Waals surface area contributed by atoms with Gasteiger partial charge >= 0.3 is 6.18 Å². The molecule has 0 spiro atoms. The second-order valence-electron chi connectivity index (χ2n) is 11.0. The molecule has 0 bridgehead atoms. The van der Waals surface area contributed by atoms with E-state index in [1.54, 1.807) is 43.1 Å². The fraction of sp³-hybridized carbons (Fsp3) is 0.464. The third-order valence-electron chi connectivity index (χ3n) is 8.43. The topological polar surface area (TPSA) is 89.3 Å². The minimum atomic E-state index is -4.24. The number of pyridine rings is 3. The second-order valence-corrected chi connectivity index (χ2v) is 11.0. The minimum Gasteiger partial charge on any atom is -0.354 e. The largest absolute Gasteiger partial charge is 0.391 e. The fourth-order valence-corrected chi connectivity index (χ4v) is 6.00. The lowest BCUT2D eigenvalue weighted by Gasteiger charge is -2.35. The molecule has 4 aromatic rings. The number of H-pyrrole nitrogens is 1. The van der Waals surface area contributed by atoms with Crippen LogP contribution < -0.4 is 5.43 Å². The van der Waals surface area contributed by atoms with Gasteiger partial charge in [-0.15, -0.1) is 10.2 Å². The Morgan fingerprint density at radius 1 is 1.02 bits per heavy atom. The van der Waals surface area contributed by atoms with Crippen LogP contribution in [0.15, 0.2) is 35.4 Å². The molecule has 1 N–H and O–H groups in total.